The Morgan fingerprint density at radius 3 is 2.69 bits per heavy atom. The SMILES string of the molecule is C=CNc1cnc(N2CC[C@H](F)C2)nc1C(N)=Nc1cc(C(=O)Nc2ccc(N)c(C(F)(F)F)c2)ccc1C. The number of nitrogen functional groups attached to an aromatic ring is 1. The first-order valence-electron chi connectivity index (χ1n) is 11.8. The van der Waals surface area contributed by atoms with Crippen LogP contribution in [0.3, 0.4) is 0 Å². The van der Waals surface area contributed by atoms with Crippen LogP contribution in [0.5, 0.6) is 0 Å². The average molecular weight is 543 g/mol. The number of rotatable bonds is 7. The maximum atomic E-state index is 13.7. The summed E-state index contributed by atoms with van der Waals surface area (Å²) in [6, 6.07) is 7.72. The van der Waals surface area contributed by atoms with Crippen LogP contribution in [0.2, 0.25) is 0 Å². The number of aryl methyl sites for hydroxylation is 1. The standard InChI is InChI=1S/C26H26F4N8O/c1-3-33-21-12-34-25(38-9-8-16(27)13-38)37-22(21)23(32)36-20-10-15(5-4-14(20)2)24(39)35-17-6-7-19(31)18(11-17)26(28,29)30/h3-7,10-12,16,33H,1,8-9,13,31H2,2H3,(H2,32,36)(H,35,39)/t16-/m0/s1. The summed E-state index contributed by atoms with van der Waals surface area (Å²) in [7, 11) is 0. The molecular formula is C26H26F4N8O. The molecule has 1 atom stereocenters. The third kappa shape index (κ3) is 6.25. The Balaban J connectivity index is 1.63. The fraction of sp³-hybridized carbons (Fsp3) is 0.231. The van der Waals surface area contributed by atoms with E-state index in [4.69, 9.17) is 11.5 Å². The predicted molar refractivity (Wildman–Crippen MR) is 143 cm³/mol. The lowest BCUT2D eigenvalue weighted by molar-refractivity contribution is -0.136. The number of carbonyl (C=O) groups excluding carboxylic acids is 1. The van der Waals surface area contributed by atoms with Crippen molar-refractivity contribution in [2.45, 2.75) is 25.7 Å². The molecule has 0 aliphatic carbocycles. The number of benzene rings is 2. The van der Waals surface area contributed by atoms with Gasteiger partial charge in [-0.3, -0.25) is 4.79 Å². The smallest absolute Gasteiger partial charge is 0.398 e. The highest BCUT2D eigenvalue weighted by Crippen LogP contribution is 2.35. The number of hydrogen-bond acceptors (Lipinski definition) is 7. The number of hydrogen-bond donors (Lipinski definition) is 4. The molecule has 0 saturated carbocycles. The minimum absolute atomic E-state index is 0.00647. The lowest BCUT2D eigenvalue weighted by Crippen LogP contribution is -2.25. The van der Waals surface area contributed by atoms with E-state index in [1.165, 1.54) is 30.6 Å². The molecule has 0 unspecified atom stereocenters. The van der Waals surface area contributed by atoms with Crippen molar-refractivity contribution in [2.75, 3.05) is 34.4 Å². The van der Waals surface area contributed by atoms with Crippen molar-refractivity contribution in [1.82, 2.24) is 9.97 Å². The van der Waals surface area contributed by atoms with Crippen molar-refractivity contribution >= 4 is 40.4 Å². The molecular weight excluding hydrogens is 516 g/mol. The average Bonchev–Trinajstić information content (AvgIpc) is 3.32. The van der Waals surface area contributed by atoms with E-state index in [9.17, 15) is 22.4 Å². The first-order chi connectivity index (χ1) is 18.5. The van der Waals surface area contributed by atoms with E-state index in [2.05, 4.69) is 32.2 Å². The molecule has 1 fully saturated rings. The molecule has 39 heavy (non-hydrogen) atoms. The number of aromatic nitrogens is 2. The number of aliphatic imine (C=N–C) groups is 1. The van der Waals surface area contributed by atoms with Gasteiger partial charge in [0, 0.05) is 23.5 Å². The van der Waals surface area contributed by atoms with Gasteiger partial charge in [0.2, 0.25) is 5.95 Å². The molecule has 1 aliphatic rings. The number of nitrogens with zero attached hydrogens (tertiary/aromatic N) is 4. The number of nitrogens with two attached hydrogens (primary N) is 2. The summed E-state index contributed by atoms with van der Waals surface area (Å²) in [5.74, 6) is -0.367. The van der Waals surface area contributed by atoms with Gasteiger partial charge in [0.25, 0.3) is 5.91 Å². The van der Waals surface area contributed by atoms with Gasteiger partial charge in [-0.15, -0.1) is 0 Å². The molecule has 9 nitrogen and oxygen atoms in total. The summed E-state index contributed by atoms with van der Waals surface area (Å²) < 4.78 is 53.3. The van der Waals surface area contributed by atoms with E-state index >= 15 is 0 Å². The first kappa shape index (κ1) is 27.4. The summed E-state index contributed by atoms with van der Waals surface area (Å²) in [4.78, 5) is 27.8. The fourth-order valence-electron chi connectivity index (χ4n) is 3.97. The summed E-state index contributed by atoms with van der Waals surface area (Å²) >= 11 is 0. The zero-order valence-corrected chi connectivity index (χ0v) is 20.9. The number of anilines is 4. The van der Waals surface area contributed by atoms with E-state index in [0.717, 1.165) is 12.1 Å². The molecule has 2 heterocycles. The minimum Gasteiger partial charge on any atom is -0.398 e. The number of amidine groups is 1. The van der Waals surface area contributed by atoms with Gasteiger partial charge >= 0.3 is 6.18 Å². The second-order valence-corrected chi connectivity index (χ2v) is 8.86. The Morgan fingerprint density at radius 1 is 1.26 bits per heavy atom. The highest BCUT2D eigenvalue weighted by atomic mass is 19.4. The molecule has 2 aromatic carbocycles. The molecule has 3 aromatic rings. The highest BCUT2D eigenvalue weighted by Gasteiger charge is 2.33. The van der Waals surface area contributed by atoms with Crippen molar-refractivity contribution in [1.29, 1.82) is 0 Å². The van der Waals surface area contributed by atoms with Gasteiger partial charge in [0.15, 0.2) is 5.84 Å². The third-order valence-corrected chi connectivity index (χ3v) is 6.02. The normalized spacial score (nSPS) is 15.8. The molecule has 1 aliphatic heterocycles. The van der Waals surface area contributed by atoms with Crippen molar-refractivity contribution in [3.05, 3.63) is 77.8 Å². The molecule has 1 amide bonds. The monoisotopic (exact) mass is 542 g/mol. The molecule has 13 heteroatoms. The largest absolute Gasteiger partial charge is 0.418 e. The molecule has 0 spiro atoms. The Bertz CT molecular complexity index is 1440. The Kier molecular flexibility index (Phi) is 7.70. The summed E-state index contributed by atoms with van der Waals surface area (Å²) in [6.07, 6.45) is -2.36. The third-order valence-electron chi connectivity index (χ3n) is 6.02. The lowest BCUT2D eigenvalue weighted by atomic mass is 10.1. The molecule has 204 valence electrons. The summed E-state index contributed by atoms with van der Waals surface area (Å²) in [5.41, 5.74) is 12.0. The summed E-state index contributed by atoms with van der Waals surface area (Å²) in [6.45, 7) is 6.01. The van der Waals surface area contributed by atoms with Crippen LogP contribution in [0.4, 0.5) is 46.3 Å². The molecule has 0 bridgehead atoms. The van der Waals surface area contributed by atoms with E-state index < -0.39 is 29.5 Å². The lowest BCUT2D eigenvalue weighted by Gasteiger charge is -2.17. The molecule has 1 aromatic heterocycles. The summed E-state index contributed by atoms with van der Waals surface area (Å²) in [5, 5.41) is 5.34. The Morgan fingerprint density at radius 2 is 2.03 bits per heavy atom. The Hall–Kier alpha value is -4.68. The van der Waals surface area contributed by atoms with E-state index in [0.29, 0.717) is 35.9 Å². The predicted octanol–water partition coefficient (Wildman–Crippen LogP) is 4.78. The second kappa shape index (κ2) is 11.0. The fourth-order valence-corrected chi connectivity index (χ4v) is 3.97. The molecule has 1 saturated heterocycles. The number of nitrogens with one attached hydrogen (secondary N) is 2. The maximum absolute atomic E-state index is 13.7. The van der Waals surface area contributed by atoms with Crippen LogP contribution in [0.25, 0.3) is 0 Å². The van der Waals surface area contributed by atoms with Crippen molar-refractivity contribution in [2.24, 2.45) is 10.7 Å². The van der Waals surface area contributed by atoms with Crippen LogP contribution in [0.15, 0.2) is 60.4 Å². The topological polar surface area (TPSA) is 135 Å². The van der Waals surface area contributed by atoms with Crippen LogP contribution in [-0.4, -0.2) is 41.0 Å². The molecule has 4 rings (SSSR count). The van der Waals surface area contributed by atoms with Crippen LogP contribution >= 0.6 is 0 Å². The van der Waals surface area contributed by atoms with E-state index in [-0.39, 0.29) is 29.3 Å². The number of halogens is 4. The van der Waals surface area contributed by atoms with Crippen LogP contribution in [0, 0.1) is 6.92 Å². The number of carbonyl (C=O) groups is 1. The van der Waals surface area contributed by atoms with Gasteiger partial charge in [-0.1, -0.05) is 12.6 Å². The number of alkyl halides is 4. The molecule has 6 N–H and O–H groups in total. The van der Waals surface area contributed by atoms with Crippen LogP contribution in [-0.2, 0) is 6.18 Å². The van der Waals surface area contributed by atoms with E-state index in [1.54, 1.807) is 17.9 Å². The van der Waals surface area contributed by atoms with Gasteiger partial charge in [0.05, 0.1) is 29.7 Å². The number of amides is 1. The first-order valence-corrected chi connectivity index (χ1v) is 11.8. The van der Waals surface area contributed by atoms with Gasteiger partial charge in [-0.05, 0) is 55.4 Å². The van der Waals surface area contributed by atoms with Gasteiger partial charge in [-0.2, -0.15) is 13.2 Å². The van der Waals surface area contributed by atoms with Gasteiger partial charge in [0.1, 0.15) is 11.9 Å². The van der Waals surface area contributed by atoms with Crippen molar-refractivity contribution in [3.8, 4) is 0 Å². The van der Waals surface area contributed by atoms with Gasteiger partial charge < -0.3 is 27.0 Å². The van der Waals surface area contributed by atoms with Crippen molar-refractivity contribution in [3.63, 3.8) is 0 Å². The second-order valence-electron chi connectivity index (χ2n) is 8.86. The van der Waals surface area contributed by atoms with Gasteiger partial charge in [-0.25, -0.2) is 19.4 Å². The highest BCUT2D eigenvalue weighted by molar-refractivity contribution is 6.06. The van der Waals surface area contributed by atoms with Crippen molar-refractivity contribution < 1.29 is 22.4 Å². The maximum Gasteiger partial charge on any atom is 0.418 e. The Labute approximate surface area is 221 Å². The molecule has 0 radical (unpaired) electrons. The van der Waals surface area contributed by atoms with Crippen LogP contribution < -0.4 is 27.0 Å². The zero-order chi connectivity index (χ0) is 28.3. The van der Waals surface area contributed by atoms with Crippen LogP contribution in [0.1, 0.15) is 33.6 Å². The zero-order valence-electron chi connectivity index (χ0n) is 20.9. The van der Waals surface area contributed by atoms with E-state index in [1.807, 2.05) is 0 Å². The minimum atomic E-state index is -4.67. The quantitative estimate of drug-likeness (QED) is 0.146.